The first-order valence-corrected chi connectivity index (χ1v) is 6.56. The third-order valence-corrected chi connectivity index (χ3v) is 3.19. The quantitative estimate of drug-likeness (QED) is 0.765. The van der Waals surface area contributed by atoms with Crippen LogP contribution < -0.4 is 9.31 Å². The van der Waals surface area contributed by atoms with Crippen molar-refractivity contribution in [2.24, 2.45) is 0 Å². The van der Waals surface area contributed by atoms with Crippen LogP contribution in [0.5, 0.6) is 11.5 Å². The second kappa shape index (κ2) is 4.77. The summed E-state index contributed by atoms with van der Waals surface area (Å²) < 4.78 is 21.4. The van der Waals surface area contributed by atoms with Crippen LogP contribution in [0, 0.1) is 0 Å². The highest BCUT2D eigenvalue weighted by Gasteiger charge is 2.40. The maximum Gasteiger partial charge on any atom is 0.596 e. The lowest BCUT2D eigenvalue weighted by atomic mass is 9.82. The average Bonchev–Trinajstić information content (AvgIpc) is 2.46. The Hall–Kier alpha value is -2.11. The zero-order valence-corrected chi connectivity index (χ0v) is 11.2. The summed E-state index contributed by atoms with van der Waals surface area (Å²) in [6.45, 7) is 3.67. The third-order valence-electron chi connectivity index (χ3n) is 3.19. The van der Waals surface area contributed by atoms with Gasteiger partial charge in [0, 0.05) is 12.6 Å². The molecule has 0 saturated heterocycles. The Kier molecular flexibility index (Phi) is 3.08. The SMILES string of the molecule is CCB1OC(=O)c2ccc3c(c2O1)OB(CC)OC3=O. The molecule has 0 aromatic heterocycles. The molecule has 2 aliphatic rings. The molecule has 0 spiro atoms. The van der Waals surface area contributed by atoms with Crippen molar-refractivity contribution in [2.75, 3.05) is 0 Å². The molecule has 0 N–H and O–H groups in total. The number of fused-ring (bicyclic) bond motifs is 3. The van der Waals surface area contributed by atoms with Crippen molar-refractivity contribution in [3.63, 3.8) is 0 Å². The van der Waals surface area contributed by atoms with E-state index in [1.54, 1.807) is 0 Å². The summed E-state index contributed by atoms with van der Waals surface area (Å²) in [5.74, 6) is -0.422. The first-order valence-electron chi connectivity index (χ1n) is 6.56. The molecule has 102 valence electrons. The van der Waals surface area contributed by atoms with Crippen LogP contribution in [-0.2, 0) is 9.31 Å². The summed E-state index contributed by atoms with van der Waals surface area (Å²) in [6.07, 6.45) is 1.02. The monoisotopic (exact) mass is 274 g/mol. The lowest BCUT2D eigenvalue weighted by molar-refractivity contribution is 0.0647. The highest BCUT2D eigenvalue weighted by Crippen LogP contribution is 2.41. The smallest absolute Gasteiger partial charge is 0.522 e. The minimum Gasteiger partial charge on any atom is -0.522 e. The molecule has 1 aromatic carbocycles. The molecule has 0 bridgehead atoms. The summed E-state index contributed by atoms with van der Waals surface area (Å²) in [5.41, 5.74) is 0.524. The zero-order chi connectivity index (χ0) is 14.3. The molecule has 0 fully saturated rings. The van der Waals surface area contributed by atoms with E-state index in [0.29, 0.717) is 12.6 Å². The fourth-order valence-electron chi connectivity index (χ4n) is 2.13. The number of carbonyl (C=O) groups excluding carboxylic acids is 2. The van der Waals surface area contributed by atoms with E-state index in [1.807, 2.05) is 13.8 Å². The fraction of sp³-hybridized carbons (Fsp3) is 0.333. The van der Waals surface area contributed by atoms with Gasteiger partial charge in [-0.1, -0.05) is 13.8 Å². The van der Waals surface area contributed by atoms with E-state index in [-0.39, 0.29) is 22.6 Å². The molecule has 3 rings (SSSR count). The van der Waals surface area contributed by atoms with E-state index < -0.39 is 26.2 Å². The fourth-order valence-corrected chi connectivity index (χ4v) is 2.13. The van der Waals surface area contributed by atoms with E-state index in [9.17, 15) is 9.59 Å². The van der Waals surface area contributed by atoms with Crippen molar-refractivity contribution in [2.45, 2.75) is 26.5 Å². The van der Waals surface area contributed by atoms with E-state index in [1.165, 1.54) is 12.1 Å². The van der Waals surface area contributed by atoms with Gasteiger partial charge < -0.3 is 18.6 Å². The van der Waals surface area contributed by atoms with Gasteiger partial charge in [0.15, 0.2) is 11.5 Å². The van der Waals surface area contributed by atoms with Gasteiger partial charge in [0.05, 0.1) is 0 Å². The minimum atomic E-state index is -0.664. The highest BCUT2D eigenvalue weighted by atomic mass is 16.7. The van der Waals surface area contributed by atoms with Crippen molar-refractivity contribution in [1.29, 1.82) is 0 Å². The molecule has 6 nitrogen and oxygen atoms in total. The van der Waals surface area contributed by atoms with Gasteiger partial charge in [0.2, 0.25) is 0 Å². The molecule has 0 unspecified atom stereocenters. The van der Waals surface area contributed by atoms with Gasteiger partial charge in [-0.05, 0) is 12.1 Å². The topological polar surface area (TPSA) is 71.1 Å². The molecule has 1 aromatic rings. The summed E-state index contributed by atoms with van der Waals surface area (Å²) >= 11 is 0. The number of rotatable bonds is 2. The molecule has 0 saturated carbocycles. The predicted molar refractivity (Wildman–Crippen MR) is 71.0 cm³/mol. The summed E-state index contributed by atoms with van der Waals surface area (Å²) in [5, 5.41) is 0. The van der Waals surface area contributed by atoms with Crippen LogP contribution in [0.15, 0.2) is 12.1 Å². The van der Waals surface area contributed by atoms with E-state index in [0.717, 1.165) is 0 Å². The molecule has 0 radical (unpaired) electrons. The van der Waals surface area contributed by atoms with E-state index >= 15 is 0 Å². The predicted octanol–water partition coefficient (Wildman–Crippen LogP) is 1.80. The maximum atomic E-state index is 11.9. The molecule has 0 amide bonds. The van der Waals surface area contributed by atoms with Gasteiger partial charge in [0.1, 0.15) is 11.1 Å². The minimum absolute atomic E-state index is 0.262. The molecular formula is C12H12B2O6. The second-order valence-corrected chi connectivity index (χ2v) is 4.54. The van der Waals surface area contributed by atoms with Gasteiger partial charge in [-0.15, -0.1) is 0 Å². The van der Waals surface area contributed by atoms with Crippen LogP contribution in [0.25, 0.3) is 0 Å². The summed E-state index contributed by atoms with van der Waals surface area (Å²) in [6, 6.07) is 2.97. The Morgan fingerprint density at radius 3 is 1.55 bits per heavy atom. The molecule has 2 heterocycles. The van der Waals surface area contributed by atoms with Crippen LogP contribution >= 0.6 is 0 Å². The maximum absolute atomic E-state index is 11.9. The van der Waals surface area contributed by atoms with Crippen molar-refractivity contribution in [3.8, 4) is 11.5 Å². The van der Waals surface area contributed by atoms with Gasteiger partial charge in [-0.25, -0.2) is 9.59 Å². The van der Waals surface area contributed by atoms with Crippen LogP contribution in [0.2, 0.25) is 12.6 Å². The standard InChI is InChI=1S/C12H12B2O6/c1-3-13-17-9-7(11(15)19-13)5-6-8-10(9)18-14(4-2)20-12(8)16/h5-6H,3-4H2,1-2H3. The van der Waals surface area contributed by atoms with Gasteiger partial charge >= 0.3 is 26.2 Å². The molecule has 0 aliphatic carbocycles. The molecule has 8 heteroatoms. The van der Waals surface area contributed by atoms with Gasteiger partial charge in [-0.2, -0.15) is 0 Å². The van der Waals surface area contributed by atoms with Crippen molar-refractivity contribution in [3.05, 3.63) is 23.3 Å². The van der Waals surface area contributed by atoms with E-state index in [4.69, 9.17) is 18.6 Å². The largest absolute Gasteiger partial charge is 0.596 e. The Labute approximate surface area is 116 Å². The molecule has 2 aliphatic heterocycles. The van der Waals surface area contributed by atoms with Gasteiger partial charge in [0.25, 0.3) is 0 Å². The van der Waals surface area contributed by atoms with Crippen LogP contribution in [0.4, 0.5) is 0 Å². The Bertz CT molecular complexity index is 537. The normalized spacial score (nSPS) is 16.5. The number of carbonyl (C=O) groups is 2. The number of hydrogen-bond donors (Lipinski definition) is 0. The van der Waals surface area contributed by atoms with Crippen LogP contribution in [0.3, 0.4) is 0 Å². The summed E-state index contributed by atoms with van der Waals surface area (Å²) in [7, 11) is -1.33. The van der Waals surface area contributed by atoms with Crippen molar-refractivity contribution >= 4 is 26.2 Å². The lowest BCUT2D eigenvalue weighted by Crippen LogP contribution is -2.38. The molecule has 0 atom stereocenters. The Morgan fingerprint density at radius 2 is 1.20 bits per heavy atom. The van der Waals surface area contributed by atoms with Crippen molar-refractivity contribution in [1.82, 2.24) is 0 Å². The number of benzene rings is 1. The van der Waals surface area contributed by atoms with Crippen molar-refractivity contribution < 1.29 is 28.2 Å². The Morgan fingerprint density at radius 1 is 0.800 bits per heavy atom. The van der Waals surface area contributed by atoms with Crippen LogP contribution in [0.1, 0.15) is 34.6 Å². The van der Waals surface area contributed by atoms with Gasteiger partial charge in [-0.3, -0.25) is 0 Å². The number of hydrogen-bond acceptors (Lipinski definition) is 6. The zero-order valence-electron chi connectivity index (χ0n) is 11.2. The highest BCUT2D eigenvalue weighted by molar-refractivity contribution is 6.51. The first kappa shape index (κ1) is 12.9. The van der Waals surface area contributed by atoms with E-state index in [2.05, 4.69) is 0 Å². The third kappa shape index (κ3) is 1.92. The summed E-state index contributed by atoms with van der Waals surface area (Å²) in [4.78, 5) is 23.8. The lowest BCUT2D eigenvalue weighted by Gasteiger charge is -2.29. The Balaban J connectivity index is 2.10. The first-order chi connectivity index (χ1) is 9.63. The molecular weight excluding hydrogens is 262 g/mol. The average molecular weight is 274 g/mol. The molecule has 20 heavy (non-hydrogen) atoms. The second-order valence-electron chi connectivity index (χ2n) is 4.54. The van der Waals surface area contributed by atoms with Crippen LogP contribution in [-0.4, -0.2) is 26.2 Å².